The van der Waals surface area contributed by atoms with Crippen molar-refractivity contribution in [3.8, 4) is 0 Å². The molecular weight excluding hydrogens is 294 g/mol. The van der Waals surface area contributed by atoms with Crippen LogP contribution >= 0.6 is 0 Å². The molecule has 3 rings (SSSR count). The van der Waals surface area contributed by atoms with Crippen molar-refractivity contribution in [2.45, 2.75) is 31.7 Å². The van der Waals surface area contributed by atoms with Gasteiger partial charge in [0.05, 0.1) is 6.20 Å². The van der Waals surface area contributed by atoms with Crippen LogP contribution in [0.15, 0.2) is 18.6 Å². The molecule has 0 bridgehead atoms. The predicted molar refractivity (Wildman–Crippen MR) is 84.8 cm³/mol. The van der Waals surface area contributed by atoms with Crippen LogP contribution in [0.5, 0.6) is 0 Å². The Balaban J connectivity index is 1.58. The van der Waals surface area contributed by atoms with Crippen LogP contribution in [0, 0.1) is 5.41 Å². The van der Waals surface area contributed by atoms with Crippen LogP contribution < -0.4 is 5.32 Å². The summed E-state index contributed by atoms with van der Waals surface area (Å²) < 4.78 is 0. The summed E-state index contributed by atoms with van der Waals surface area (Å²) in [6, 6.07) is 0.243. The minimum Gasteiger partial charge on any atom is -0.347 e. The summed E-state index contributed by atoms with van der Waals surface area (Å²) in [6.07, 6.45) is 8.56. The lowest BCUT2D eigenvalue weighted by Gasteiger charge is -2.54. The molecule has 7 nitrogen and oxygen atoms in total. The van der Waals surface area contributed by atoms with Crippen molar-refractivity contribution in [1.82, 2.24) is 25.1 Å². The number of rotatable bonds is 2. The van der Waals surface area contributed by atoms with Crippen molar-refractivity contribution in [1.29, 1.82) is 0 Å². The Morgan fingerprint density at radius 1 is 1.26 bits per heavy atom. The normalized spacial score (nSPS) is 22.3. The van der Waals surface area contributed by atoms with E-state index in [9.17, 15) is 9.59 Å². The summed E-state index contributed by atoms with van der Waals surface area (Å²) in [5, 5.41) is 3.10. The highest BCUT2D eigenvalue weighted by molar-refractivity contribution is 5.92. The first-order valence-electron chi connectivity index (χ1n) is 8.05. The van der Waals surface area contributed by atoms with Crippen LogP contribution in [-0.2, 0) is 0 Å². The monoisotopic (exact) mass is 317 g/mol. The fourth-order valence-corrected chi connectivity index (χ4v) is 3.60. The van der Waals surface area contributed by atoms with E-state index in [0.717, 1.165) is 38.8 Å². The SMILES string of the molecule is CN(C)C(=O)N1CCC2(CC[C@@H]2NC(=O)c2cnccn2)CC1. The van der Waals surface area contributed by atoms with Gasteiger partial charge in [0.1, 0.15) is 5.69 Å². The summed E-state index contributed by atoms with van der Waals surface area (Å²) in [7, 11) is 3.56. The molecule has 1 atom stereocenters. The first kappa shape index (κ1) is 15.7. The van der Waals surface area contributed by atoms with Crippen LogP contribution in [-0.4, -0.2) is 64.9 Å². The Morgan fingerprint density at radius 3 is 2.52 bits per heavy atom. The van der Waals surface area contributed by atoms with E-state index in [4.69, 9.17) is 0 Å². The third kappa shape index (κ3) is 3.00. The second kappa shape index (κ2) is 6.14. The first-order chi connectivity index (χ1) is 11.0. The highest BCUT2D eigenvalue weighted by Crippen LogP contribution is 2.49. The number of urea groups is 1. The molecule has 2 heterocycles. The van der Waals surface area contributed by atoms with Gasteiger partial charge in [0, 0.05) is 45.6 Å². The molecule has 23 heavy (non-hydrogen) atoms. The van der Waals surface area contributed by atoms with E-state index in [1.807, 2.05) is 4.90 Å². The number of aromatic nitrogens is 2. The number of carbonyl (C=O) groups is 2. The second-order valence-corrected chi connectivity index (χ2v) is 6.68. The zero-order valence-corrected chi connectivity index (χ0v) is 13.7. The van der Waals surface area contributed by atoms with Crippen molar-refractivity contribution < 1.29 is 9.59 Å². The Hall–Kier alpha value is -2.18. The summed E-state index contributed by atoms with van der Waals surface area (Å²) in [5.41, 5.74) is 0.496. The minimum absolute atomic E-state index is 0.0688. The molecule has 1 aliphatic heterocycles. The van der Waals surface area contributed by atoms with Crippen LogP contribution in [0.4, 0.5) is 4.79 Å². The molecule has 1 saturated carbocycles. The summed E-state index contributed by atoms with van der Waals surface area (Å²) >= 11 is 0. The van der Waals surface area contributed by atoms with Gasteiger partial charge in [-0.15, -0.1) is 0 Å². The molecule has 0 aromatic carbocycles. The quantitative estimate of drug-likeness (QED) is 0.887. The number of carbonyl (C=O) groups excluding carboxylic acids is 2. The van der Waals surface area contributed by atoms with Gasteiger partial charge in [0.2, 0.25) is 0 Å². The van der Waals surface area contributed by atoms with Gasteiger partial charge in [-0.3, -0.25) is 9.78 Å². The predicted octanol–water partition coefficient (Wildman–Crippen LogP) is 1.13. The van der Waals surface area contributed by atoms with E-state index in [-0.39, 0.29) is 23.4 Å². The van der Waals surface area contributed by atoms with Crippen LogP contribution in [0.25, 0.3) is 0 Å². The van der Waals surface area contributed by atoms with Gasteiger partial charge in [-0.1, -0.05) is 0 Å². The summed E-state index contributed by atoms with van der Waals surface area (Å²) in [4.78, 5) is 35.8. The van der Waals surface area contributed by atoms with E-state index in [2.05, 4.69) is 15.3 Å². The number of likely N-dealkylation sites (tertiary alicyclic amines) is 1. The number of hydrogen-bond acceptors (Lipinski definition) is 4. The Labute approximate surface area is 136 Å². The van der Waals surface area contributed by atoms with Crippen molar-refractivity contribution in [2.24, 2.45) is 5.41 Å². The lowest BCUT2D eigenvalue weighted by Crippen LogP contribution is -2.60. The molecule has 0 unspecified atom stereocenters. The van der Waals surface area contributed by atoms with Gasteiger partial charge in [-0.05, 0) is 31.1 Å². The van der Waals surface area contributed by atoms with E-state index in [0.29, 0.717) is 5.69 Å². The number of nitrogens with one attached hydrogen (secondary N) is 1. The summed E-state index contributed by atoms with van der Waals surface area (Å²) in [6.45, 7) is 1.52. The smallest absolute Gasteiger partial charge is 0.319 e. The molecule has 1 saturated heterocycles. The molecule has 1 aromatic heterocycles. The van der Waals surface area contributed by atoms with E-state index < -0.39 is 0 Å². The van der Waals surface area contributed by atoms with Crippen molar-refractivity contribution >= 4 is 11.9 Å². The molecule has 124 valence electrons. The van der Waals surface area contributed by atoms with Crippen molar-refractivity contribution in [3.05, 3.63) is 24.3 Å². The number of hydrogen-bond donors (Lipinski definition) is 1. The average molecular weight is 317 g/mol. The standard InChI is InChI=1S/C16H23N5O2/c1-20(2)15(23)21-9-5-16(6-10-21)4-3-13(16)19-14(22)12-11-17-7-8-18-12/h7-8,11,13H,3-6,9-10H2,1-2H3,(H,19,22)/t13-/m0/s1. The lowest BCUT2D eigenvalue weighted by atomic mass is 9.59. The average Bonchev–Trinajstić information content (AvgIpc) is 2.58. The van der Waals surface area contributed by atoms with Crippen LogP contribution in [0.3, 0.4) is 0 Å². The van der Waals surface area contributed by atoms with Gasteiger partial charge in [0.25, 0.3) is 5.91 Å². The molecule has 2 aliphatic rings. The van der Waals surface area contributed by atoms with Crippen molar-refractivity contribution in [2.75, 3.05) is 27.2 Å². The van der Waals surface area contributed by atoms with E-state index in [1.165, 1.54) is 12.4 Å². The fraction of sp³-hybridized carbons (Fsp3) is 0.625. The maximum Gasteiger partial charge on any atom is 0.319 e. The zero-order valence-electron chi connectivity index (χ0n) is 13.7. The molecule has 2 fully saturated rings. The molecule has 1 aliphatic carbocycles. The van der Waals surface area contributed by atoms with Gasteiger partial charge in [0.15, 0.2) is 0 Å². The Kier molecular flexibility index (Phi) is 4.19. The zero-order chi connectivity index (χ0) is 16.4. The topological polar surface area (TPSA) is 78.4 Å². The lowest BCUT2D eigenvalue weighted by molar-refractivity contribution is 0.00179. The first-order valence-corrected chi connectivity index (χ1v) is 8.05. The highest BCUT2D eigenvalue weighted by atomic mass is 16.2. The number of amides is 3. The number of piperidine rings is 1. The van der Waals surface area contributed by atoms with Crippen molar-refractivity contribution in [3.63, 3.8) is 0 Å². The molecule has 0 radical (unpaired) electrons. The number of nitrogens with zero attached hydrogens (tertiary/aromatic N) is 4. The molecule has 3 amide bonds. The second-order valence-electron chi connectivity index (χ2n) is 6.68. The molecular formula is C16H23N5O2. The van der Waals surface area contributed by atoms with Gasteiger partial charge >= 0.3 is 6.03 Å². The summed E-state index contributed by atoms with van der Waals surface area (Å²) in [5.74, 6) is -0.158. The molecule has 7 heteroatoms. The van der Waals surface area contributed by atoms with Gasteiger partial charge < -0.3 is 15.1 Å². The van der Waals surface area contributed by atoms with E-state index in [1.54, 1.807) is 25.2 Å². The third-order valence-electron chi connectivity index (χ3n) is 5.18. The van der Waals surface area contributed by atoms with E-state index >= 15 is 0 Å². The Bertz CT molecular complexity index is 581. The highest BCUT2D eigenvalue weighted by Gasteiger charge is 2.49. The largest absolute Gasteiger partial charge is 0.347 e. The Morgan fingerprint density at radius 2 is 2.00 bits per heavy atom. The maximum atomic E-state index is 12.3. The maximum absolute atomic E-state index is 12.3. The molecule has 1 N–H and O–H groups in total. The van der Waals surface area contributed by atoms with Crippen LogP contribution in [0.1, 0.15) is 36.2 Å². The molecule has 1 aromatic rings. The van der Waals surface area contributed by atoms with Gasteiger partial charge in [-0.25, -0.2) is 9.78 Å². The fourth-order valence-electron chi connectivity index (χ4n) is 3.60. The minimum atomic E-state index is -0.158. The molecule has 1 spiro atoms. The third-order valence-corrected chi connectivity index (χ3v) is 5.18. The van der Waals surface area contributed by atoms with Crippen LogP contribution in [0.2, 0.25) is 0 Å². The van der Waals surface area contributed by atoms with Gasteiger partial charge in [-0.2, -0.15) is 0 Å².